The van der Waals surface area contributed by atoms with E-state index >= 15 is 0 Å². The minimum absolute atomic E-state index is 0.0915. The molecule has 0 saturated heterocycles. The molecule has 1 aromatic carbocycles. The van der Waals surface area contributed by atoms with Gasteiger partial charge in [0.15, 0.2) is 0 Å². The summed E-state index contributed by atoms with van der Waals surface area (Å²) in [5.41, 5.74) is 3.67. The minimum atomic E-state index is -0.0915. The number of carbonyl (C=O) groups excluding carboxylic acids is 1. The number of hydrogen-bond donors (Lipinski definition) is 2. The maximum absolute atomic E-state index is 12.1. The van der Waals surface area contributed by atoms with Gasteiger partial charge in [-0.1, -0.05) is 11.6 Å². The zero-order valence-corrected chi connectivity index (χ0v) is 11.8. The van der Waals surface area contributed by atoms with Crippen LogP contribution in [-0.2, 0) is 6.54 Å². The summed E-state index contributed by atoms with van der Waals surface area (Å²) in [7, 11) is 0. The Bertz CT molecular complexity index is 577. The van der Waals surface area contributed by atoms with Crippen molar-refractivity contribution in [3.8, 4) is 0 Å². The molecule has 0 saturated carbocycles. The molecule has 94 valence electrons. The first-order valence-corrected chi connectivity index (χ1v) is 6.40. The van der Waals surface area contributed by atoms with Gasteiger partial charge < -0.3 is 5.32 Å². The average Bonchev–Trinajstić information content (AvgIpc) is 2.75. The topological polar surface area (TPSA) is 57.8 Å². The highest BCUT2D eigenvalue weighted by Crippen LogP contribution is 2.18. The van der Waals surface area contributed by atoms with Gasteiger partial charge in [0.1, 0.15) is 0 Å². The zero-order chi connectivity index (χ0) is 13.1. The van der Waals surface area contributed by atoms with Crippen LogP contribution in [0.3, 0.4) is 0 Å². The summed E-state index contributed by atoms with van der Waals surface area (Å²) >= 11 is 3.38. The molecule has 0 fully saturated rings. The van der Waals surface area contributed by atoms with Crippen LogP contribution in [-0.4, -0.2) is 16.1 Å². The Hall–Kier alpha value is -1.62. The van der Waals surface area contributed by atoms with Crippen molar-refractivity contribution in [2.24, 2.45) is 0 Å². The first-order valence-electron chi connectivity index (χ1n) is 5.61. The van der Waals surface area contributed by atoms with Crippen LogP contribution in [0.1, 0.15) is 27.2 Å². The van der Waals surface area contributed by atoms with Gasteiger partial charge in [0.2, 0.25) is 0 Å². The summed E-state index contributed by atoms with van der Waals surface area (Å²) < 4.78 is 0.800. The normalized spacial score (nSPS) is 10.4. The van der Waals surface area contributed by atoms with Crippen molar-refractivity contribution >= 4 is 21.8 Å². The average molecular weight is 308 g/mol. The van der Waals surface area contributed by atoms with Crippen molar-refractivity contribution in [3.05, 3.63) is 51.3 Å². The molecule has 4 nitrogen and oxygen atoms in total. The van der Waals surface area contributed by atoms with Gasteiger partial charge in [-0.05, 0) is 41.9 Å². The SMILES string of the molecule is Cc1ccc(Br)c(C(=O)NCc2cn[nH]c2C)c1. The second kappa shape index (κ2) is 5.35. The van der Waals surface area contributed by atoms with Crippen molar-refractivity contribution in [1.29, 1.82) is 0 Å². The maximum atomic E-state index is 12.1. The standard InChI is InChI=1S/C13H14BrN3O/c1-8-3-4-12(14)11(5-8)13(18)15-6-10-7-16-17-9(10)2/h3-5,7H,6H2,1-2H3,(H,15,18)(H,16,17). The number of aromatic nitrogens is 2. The second-order valence-electron chi connectivity index (χ2n) is 4.19. The number of nitrogens with zero attached hydrogens (tertiary/aromatic N) is 1. The lowest BCUT2D eigenvalue weighted by Crippen LogP contribution is -2.23. The van der Waals surface area contributed by atoms with E-state index in [1.54, 1.807) is 6.20 Å². The van der Waals surface area contributed by atoms with Gasteiger partial charge in [0, 0.05) is 22.3 Å². The van der Waals surface area contributed by atoms with Gasteiger partial charge in [0.25, 0.3) is 5.91 Å². The second-order valence-corrected chi connectivity index (χ2v) is 5.04. The van der Waals surface area contributed by atoms with Crippen molar-refractivity contribution < 1.29 is 4.79 Å². The molecule has 18 heavy (non-hydrogen) atoms. The van der Waals surface area contributed by atoms with E-state index in [1.807, 2.05) is 32.0 Å². The number of aromatic amines is 1. The van der Waals surface area contributed by atoms with E-state index in [1.165, 1.54) is 0 Å². The van der Waals surface area contributed by atoms with E-state index in [0.717, 1.165) is 21.3 Å². The van der Waals surface area contributed by atoms with Crippen LogP contribution in [0.2, 0.25) is 0 Å². The van der Waals surface area contributed by atoms with E-state index in [2.05, 4.69) is 31.4 Å². The van der Waals surface area contributed by atoms with Crippen LogP contribution < -0.4 is 5.32 Å². The van der Waals surface area contributed by atoms with Crippen LogP contribution in [0, 0.1) is 13.8 Å². The van der Waals surface area contributed by atoms with E-state index in [4.69, 9.17) is 0 Å². The fraction of sp³-hybridized carbons (Fsp3) is 0.231. The number of hydrogen-bond acceptors (Lipinski definition) is 2. The maximum Gasteiger partial charge on any atom is 0.252 e. The van der Waals surface area contributed by atoms with Crippen LogP contribution >= 0.6 is 15.9 Å². The Morgan fingerprint density at radius 1 is 1.44 bits per heavy atom. The Kier molecular flexibility index (Phi) is 3.81. The van der Waals surface area contributed by atoms with E-state index in [9.17, 15) is 4.79 Å². The summed E-state index contributed by atoms with van der Waals surface area (Å²) in [4.78, 5) is 12.1. The number of benzene rings is 1. The van der Waals surface area contributed by atoms with Crippen LogP contribution in [0.25, 0.3) is 0 Å². The van der Waals surface area contributed by atoms with E-state index < -0.39 is 0 Å². The molecule has 1 amide bonds. The highest BCUT2D eigenvalue weighted by atomic mass is 79.9. The van der Waals surface area contributed by atoms with Gasteiger partial charge in [-0.15, -0.1) is 0 Å². The molecule has 2 rings (SSSR count). The smallest absolute Gasteiger partial charge is 0.252 e. The Morgan fingerprint density at radius 2 is 2.22 bits per heavy atom. The molecular formula is C13H14BrN3O. The monoisotopic (exact) mass is 307 g/mol. The molecule has 0 bridgehead atoms. The summed E-state index contributed by atoms with van der Waals surface area (Å²) in [6.07, 6.45) is 1.72. The summed E-state index contributed by atoms with van der Waals surface area (Å²) in [5, 5.41) is 9.64. The number of carbonyl (C=O) groups is 1. The molecule has 0 aliphatic carbocycles. The van der Waals surface area contributed by atoms with Gasteiger partial charge in [-0.2, -0.15) is 5.10 Å². The van der Waals surface area contributed by atoms with Gasteiger partial charge in [-0.25, -0.2) is 0 Å². The fourth-order valence-electron chi connectivity index (χ4n) is 1.64. The lowest BCUT2D eigenvalue weighted by Gasteiger charge is -2.07. The van der Waals surface area contributed by atoms with Gasteiger partial charge >= 0.3 is 0 Å². The highest BCUT2D eigenvalue weighted by Gasteiger charge is 2.10. The number of aryl methyl sites for hydroxylation is 2. The van der Waals surface area contributed by atoms with Crippen LogP contribution in [0.4, 0.5) is 0 Å². The number of nitrogens with one attached hydrogen (secondary N) is 2. The summed E-state index contributed by atoms with van der Waals surface area (Å²) in [5.74, 6) is -0.0915. The van der Waals surface area contributed by atoms with E-state index in [0.29, 0.717) is 12.1 Å². The molecule has 1 aromatic heterocycles. The van der Waals surface area contributed by atoms with Crippen LogP contribution in [0.5, 0.6) is 0 Å². The quantitative estimate of drug-likeness (QED) is 0.916. The molecule has 0 radical (unpaired) electrons. The van der Waals surface area contributed by atoms with Crippen molar-refractivity contribution in [3.63, 3.8) is 0 Å². The predicted molar refractivity (Wildman–Crippen MR) is 73.4 cm³/mol. The van der Waals surface area contributed by atoms with Crippen molar-refractivity contribution in [2.45, 2.75) is 20.4 Å². The van der Waals surface area contributed by atoms with Crippen molar-refractivity contribution in [1.82, 2.24) is 15.5 Å². The molecule has 2 N–H and O–H groups in total. The molecule has 2 aromatic rings. The number of amides is 1. The molecular weight excluding hydrogens is 294 g/mol. The van der Waals surface area contributed by atoms with Crippen molar-refractivity contribution in [2.75, 3.05) is 0 Å². The first-order chi connectivity index (χ1) is 8.58. The van der Waals surface area contributed by atoms with Crippen LogP contribution in [0.15, 0.2) is 28.9 Å². The Balaban J connectivity index is 2.08. The zero-order valence-electron chi connectivity index (χ0n) is 10.2. The molecule has 5 heteroatoms. The third-order valence-electron chi connectivity index (χ3n) is 2.74. The third kappa shape index (κ3) is 2.79. The molecule has 0 spiro atoms. The van der Waals surface area contributed by atoms with Gasteiger partial charge in [-0.3, -0.25) is 9.89 Å². The first kappa shape index (κ1) is 12.8. The molecule has 0 aliphatic heterocycles. The fourth-order valence-corrected chi connectivity index (χ4v) is 2.06. The third-order valence-corrected chi connectivity index (χ3v) is 3.43. The highest BCUT2D eigenvalue weighted by molar-refractivity contribution is 9.10. The lowest BCUT2D eigenvalue weighted by atomic mass is 10.1. The summed E-state index contributed by atoms with van der Waals surface area (Å²) in [6, 6.07) is 5.70. The lowest BCUT2D eigenvalue weighted by molar-refractivity contribution is 0.0950. The molecule has 0 atom stereocenters. The number of halogens is 1. The molecule has 0 unspecified atom stereocenters. The van der Waals surface area contributed by atoms with E-state index in [-0.39, 0.29) is 5.91 Å². The molecule has 1 heterocycles. The Morgan fingerprint density at radius 3 is 2.89 bits per heavy atom. The number of rotatable bonds is 3. The summed E-state index contributed by atoms with van der Waals surface area (Å²) in [6.45, 7) is 4.36. The Labute approximate surface area is 114 Å². The largest absolute Gasteiger partial charge is 0.348 e. The molecule has 0 aliphatic rings. The predicted octanol–water partition coefficient (Wildman–Crippen LogP) is 2.72. The minimum Gasteiger partial charge on any atom is -0.348 e. The number of H-pyrrole nitrogens is 1. The van der Waals surface area contributed by atoms with Gasteiger partial charge in [0.05, 0.1) is 11.8 Å².